The minimum Gasteiger partial charge on any atom is -0.457 e. The molecule has 16 heavy (non-hydrogen) atoms. The van der Waals surface area contributed by atoms with Crippen molar-refractivity contribution in [3.63, 3.8) is 0 Å². The summed E-state index contributed by atoms with van der Waals surface area (Å²) in [6.07, 6.45) is -1.57. The standard InChI is InChI=1S/C10H16O6/c1-6(11)15-8-4-14-5-9(10(8)13-3)16-7(2)12/h8-10H,4-5H2,1-3H3/t8-,9+,10?. The number of carbonyl (C=O) groups excluding carboxylic acids is 2. The molecule has 0 bridgehead atoms. The van der Waals surface area contributed by atoms with Gasteiger partial charge in [-0.25, -0.2) is 0 Å². The summed E-state index contributed by atoms with van der Waals surface area (Å²) in [6.45, 7) is 3.11. The van der Waals surface area contributed by atoms with Crippen LogP contribution in [0.3, 0.4) is 0 Å². The summed E-state index contributed by atoms with van der Waals surface area (Å²) in [5, 5.41) is 0. The third-order valence-corrected chi connectivity index (χ3v) is 2.20. The van der Waals surface area contributed by atoms with Crippen LogP contribution in [-0.2, 0) is 28.5 Å². The summed E-state index contributed by atoms with van der Waals surface area (Å²) >= 11 is 0. The average molecular weight is 232 g/mol. The van der Waals surface area contributed by atoms with Gasteiger partial charge in [0, 0.05) is 21.0 Å². The zero-order valence-corrected chi connectivity index (χ0v) is 9.60. The molecular weight excluding hydrogens is 216 g/mol. The third kappa shape index (κ3) is 3.46. The van der Waals surface area contributed by atoms with Crippen molar-refractivity contribution in [2.75, 3.05) is 20.3 Å². The number of hydrogen-bond donors (Lipinski definition) is 0. The number of hydrogen-bond acceptors (Lipinski definition) is 6. The summed E-state index contributed by atoms with van der Waals surface area (Å²) in [5.74, 6) is -0.835. The molecule has 1 heterocycles. The molecule has 0 radical (unpaired) electrons. The van der Waals surface area contributed by atoms with E-state index < -0.39 is 30.3 Å². The molecule has 1 aliphatic rings. The fourth-order valence-corrected chi connectivity index (χ4v) is 1.66. The van der Waals surface area contributed by atoms with Gasteiger partial charge >= 0.3 is 11.9 Å². The van der Waals surface area contributed by atoms with E-state index in [1.807, 2.05) is 0 Å². The first-order valence-electron chi connectivity index (χ1n) is 4.99. The SMILES string of the molecule is COC1[C@@H](OC(C)=O)COC[C@H]1OC(C)=O. The molecule has 6 heteroatoms. The van der Waals surface area contributed by atoms with Crippen molar-refractivity contribution in [3.8, 4) is 0 Å². The fraction of sp³-hybridized carbons (Fsp3) is 0.800. The lowest BCUT2D eigenvalue weighted by Gasteiger charge is -2.35. The summed E-state index contributed by atoms with van der Waals surface area (Å²) in [5.41, 5.74) is 0. The second-order valence-electron chi connectivity index (χ2n) is 3.53. The Hall–Kier alpha value is -1.14. The first-order chi connectivity index (χ1) is 7.54. The monoisotopic (exact) mass is 232 g/mol. The van der Waals surface area contributed by atoms with Crippen LogP contribution in [0.4, 0.5) is 0 Å². The van der Waals surface area contributed by atoms with Crippen LogP contribution in [0.1, 0.15) is 13.8 Å². The molecule has 0 aromatic rings. The minimum absolute atomic E-state index is 0.246. The van der Waals surface area contributed by atoms with E-state index in [4.69, 9.17) is 18.9 Å². The van der Waals surface area contributed by atoms with Crippen LogP contribution >= 0.6 is 0 Å². The molecule has 0 saturated carbocycles. The Morgan fingerprint density at radius 2 is 1.50 bits per heavy atom. The lowest BCUT2D eigenvalue weighted by molar-refractivity contribution is -0.201. The molecule has 92 valence electrons. The Morgan fingerprint density at radius 1 is 1.06 bits per heavy atom. The number of methoxy groups -OCH3 is 1. The molecule has 0 amide bonds. The van der Waals surface area contributed by atoms with Crippen LogP contribution in [0.25, 0.3) is 0 Å². The van der Waals surface area contributed by atoms with Crippen LogP contribution in [0.5, 0.6) is 0 Å². The summed E-state index contributed by atoms with van der Waals surface area (Å²) in [6, 6.07) is 0. The molecule has 1 unspecified atom stereocenters. The van der Waals surface area contributed by atoms with Gasteiger partial charge in [-0.15, -0.1) is 0 Å². The van der Waals surface area contributed by atoms with Gasteiger partial charge in [-0.1, -0.05) is 0 Å². The largest absolute Gasteiger partial charge is 0.457 e. The van der Waals surface area contributed by atoms with E-state index in [-0.39, 0.29) is 13.2 Å². The van der Waals surface area contributed by atoms with Crippen molar-refractivity contribution in [2.24, 2.45) is 0 Å². The second-order valence-corrected chi connectivity index (χ2v) is 3.53. The molecule has 0 aromatic heterocycles. The maximum absolute atomic E-state index is 10.9. The first kappa shape index (κ1) is 12.9. The highest BCUT2D eigenvalue weighted by atomic mass is 16.6. The highest BCUT2D eigenvalue weighted by Crippen LogP contribution is 2.18. The highest BCUT2D eigenvalue weighted by molar-refractivity contribution is 5.67. The van der Waals surface area contributed by atoms with Gasteiger partial charge in [0.1, 0.15) is 6.10 Å². The molecule has 0 aromatic carbocycles. The van der Waals surface area contributed by atoms with Crippen LogP contribution in [0, 0.1) is 0 Å². The van der Waals surface area contributed by atoms with E-state index in [9.17, 15) is 9.59 Å². The number of esters is 2. The Kier molecular flexibility index (Phi) is 4.70. The number of ether oxygens (including phenoxy) is 4. The number of rotatable bonds is 3. The zero-order valence-electron chi connectivity index (χ0n) is 9.60. The highest BCUT2D eigenvalue weighted by Gasteiger charge is 2.38. The predicted molar refractivity (Wildman–Crippen MR) is 52.7 cm³/mol. The fourth-order valence-electron chi connectivity index (χ4n) is 1.66. The molecule has 1 fully saturated rings. The zero-order chi connectivity index (χ0) is 12.1. The van der Waals surface area contributed by atoms with E-state index in [0.717, 1.165) is 0 Å². The van der Waals surface area contributed by atoms with Gasteiger partial charge < -0.3 is 18.9 Å². The van der Waals surface area contributed by atoms with Gasteiger partial charge in [-0.3, -0.25) is 9.59 Å². The van der Waals surface area contributed by atoms with Crippen molar-refractivity contribution < 1.29 is 28.5 Å². The van der Waals surface area contributed by atoms with Crippen LogP contribution in [0.15, 0.2) is 0 Å². The van der Waals surface area contributed by atoms with Gasteiger partial charge in [0.25, 0.3) is 0 Å². The van der Waals surface area contributed by atoms with E-state index >= 15 is 0 Å². The molecule has 1 aliphatic heterocycles. The van der Waals surface area contributed by atoms with E-state index in [2.05, 4.69) is 0 Å². The smallest absolute Gasteiger partial charge is 0.303 e. The number of carbonyl (C=O) groups is 2. The Labute approximate surface area is 93.8 Å². The van der Waals surface area contributed by atoms with E-state index in [1.54, 1.807) is 0 Å². The van der Waals surface area contributed by atoms with Gasteiger partial charge in [-0.05, 0) is 0 Å². The molecule has 6 nitrogen and oxygen atoms in total. The Morgan fingerprint density at radius 3 is 1.81 bits per heavy atom. The lowest BCUT2D eigenvalue weighted by atomic mass is 10.1. The van der Waals surface area contributed by atoms with E-state index in [0.29, 0.717) is 0 Å². The van der Waals surface area contributed by atoms with Gasteiger partial charge in [0.05, 0.1) is 13.2 Å². The second kappa shape index (κ2) is 5.81. The minimum atomic E-state index is -0.541. The topological polar surface area (TPSA) is 71.1 Å². The molecular formula is C10H16O6. The maximum atomic E-state index is 10.9. The molecule has 0 spiro atoms. The average Bonchev–Trinajstić information content (AvgIpc) is 2.16. The van der Waals surface area contributed by atoms with Crippen molar-refractivity contribution in [2.45, 2.75) is 32.2 Å². The lowest BCUT2D eigenvalue weighted by Crippen LogP contribution is -2.52. The summed E-state index contributed by atoms with van der Waals surface area (Å²) in [7, 11) is 1.48. The maximum Gasteiger partial charge on any atom is 0.303 e. The predicted octanol–water partition coefficient (Wildman–Crippen LogP) is -0.105. The van der Waals surface area contributed by atoms with Gasteiger partial charge in [-0.2, -0.15) is 0 Å². The first-order valence-corrected chi connectivity index (χ1v) is 4.99. The quantitative estimate of drug-likeness (QED) is 0.632. The van der Waals surface area contributed by atoms with Crippen LogP contribution in [-0.4, -0.2) is 50.6 Å². The van der Waals surface area contributed by atoms with Crippen LogP contribution in [0.2, 0.25) is 0 Å². The normalized spacial score (nSPS) is 29.6. The molecule has 3 atom stereocenters. The van der Waals surface area contributed by atoms with Gasteiger partial charge in [0.15, 0.2) is 12.2 Å². The van der Waals surface area contributed by atoms with Crippen molar-refractivity contribution in [3.05, 3.63) is 0 Å². The molecule has 1 rings (SSSR count). The van der Waals surface area contributed by atoms with Crippen molar-refractivity contribution >= 4 is 11.9 Å². The molecule has 0 N–H and O–H groups in total. The van der Waals surface area contributed by atoms with E-state index in [1.165, 1.54) is 21.0 Å². The Balaban J connectivity index is 2.64. The summed E-state index contributed by atoms with van der Waals surface area (Å²) < 4.78 is 20.4. The molecule has 1 saturated heterocycles. The third-order valence-electron chi connectivity index (χ3n) is 2.20. The summed E-state index contributed by atoms with van der Waals surface area (Å²) in [4.78, 5) is 21.7. The van der Waals surface area contributed by atoms with Gasteiger partial charge in [0.2, 0.25) is 0 Å². The van der Waals surface area contributed by atoms with Crippen LogP contribution < -0.4 is 0 Å². The van der Waals surface area contributed by atoms with Crippen molar-refractivity contribution in [1.29, 1.82) is 0 Å². The Bertz CT molecular complexity index is 240. The van der Waals surface area contributed by atoms with Crippen molar-refractivity contribution in [1.82, 2.24) is 0 Å². The molecule has 0 aliphatic carbocycles.